The van der Waals surface area contributed by atoms with Gasteiger partial charge >= 0.3 is 0 Å². The molecular formula is C17H21FN6O. The number of rotatable bonds is 7. The van der Waals surface area contributed by atoms with Gasteiger partial charge in [0.15, 0.2) is 11.5 Å². The van der Waals surface area contributed by atoms with Gasteiger partial charge in [0.1, 0.15) is 11.3 Å². The van der Waals surface area contributed by atoms with Gasteiger partial charge in [-0.05, 0) is 18.1 Å². The number of nitrogens with two attached hydrogens (primary N) is 1. The molecule has 2 aromatic heterocycles. The third-order valence-electron chi connectivity index (χ3n) is 3.95. The number of imidazole rings is 1. The van der Waals surface area contributed by atoms with Gasteiger partial charge in [0.05, 0.1) is 19.5 Å². The zero-order valence-electron chi connectivity index (χ0n) is 14.0. The first-order valence-electron chi connectivity index (χ1n) is 8.22. The molecule has 4 N–H and O–H groups in total. The average molecular weight is 344 g/mol. The third kappa shape index (κ3) is 3.69. The molecule has 3 rings (SSSR count). The van der Waals surface area contributed by atoms with Crippen LogP contribution in [-0.4, -0.2) is 31.2 Å². The van der Waals surface area contributed by atoms with Crippen LogP contribution in [0.25, 0.3) is 11.2 Å². The van der Waals surface area contributed by atoms with Crippen LogP contribution in [0.4, 0.5) is 16.2 Å². The maximum absolute atomic E-state index is 14.2. The van der Waals surface area contributed by atoms with Crippen molar-refractivity contribution in [1.82, 2.24) is 19.5 Å². The van der Waals surface area contributed by atoms with Crippen molar-refractivity contribution >= 4 is 22.9 Å². The second kappa shape index (κ2) is 7.43. The Labute approximate surface area is 144 Å². The van der Waals surface area contributed by atoms with Crippen molar-refractivity contribution < 1.29 is 9.50 Å². The largest absolute Gasteiger partial charge is 0.392 e. The van der Waals surface area contributed by atoms with Gasteiger partial charge in [-0.1, -0.05) is 25.5 Å². The highest BCUT2D eigenvalue weighted by atomic mass is 19.1. The Morgan fingerprint density at radius 3 is 2.88 bits per heavy atom. The van der Waals surface area contributed by atoms with E-state index in [-0.39, 0.29) is 24.9 Å². The van der Waals surface area contributed by atoms with Gasteiger partial charge in [-0.2, -0.15) is 9.97 Å². The molecule has 2 heterocycles. The smallest absolute Gasteiger partial charge is 0.224 e. The van der Waals surface area contributed by atoms with Crippen molar-refractivity contribution in [1.29, 1.82) is 0 Å². The maximum atomic E-state index is 14.2. The first-order chi connectivity index (χ1) is 12.1. The zero-order chi connectivity index (χ0) is 17.8. The molecule has 0 radical (unpaired) electrons. The van der Waals surface area contributed by atoms with Crippen LogP contribution in [-0.2, 0) is 13.2 Å². The predicted molar refractivity (Wildman–Crippen MR) is 94.6 cm³/mol. The van der Waals surface area contributed by atoms with Crippen molar-refractivity contribution in [3.05, 3.63) is 41.5 Å². The number of aliphatic hydroxyl groups excluding tert-OH is 1. The molecule has 0 bridgehead atoms. The number of aromatic nitrogens is 4. The SMILES string of the molecule is CCCCNc1nc(N)nc2ncn(Cc3ccc(CO)cc3F)c12. The fourth-order valence-electron chi connectivity index (χ4n) is 2.62. The molecule has 0 amide bonds. The Kier molecular flexibility index (Phi) is 5.08. The molecule has 8 heteroatoms. The Balaban J connectivity index is 1.96. The lowest BCUT2D eigenvalue weighted by Gasteiger charge is -2.11. The summed E-state index contributed by atoms with van der Waals surface area (Å²) in [4.78, 5) is 12.7. The summed E-state index contributed by atoms with van der Waals surface area (Å²) in [6.07, 6.45) is 3.65. The van der Waals surface area contributed by atoms with Gasteiger partial charge < -0.3 is 20.7 Å². The topological polar surface area (TPSA) is 102 Å². The Bertz CT molecular complexity index is 879. The predicted octanol–water partition coefficient (Wildman–Crippen LogP) is 2.30. The summed E-state index contributed by atoms with van der Waals surface area (Å²) < 4.78 is 16.0. The Hall–Kier alpha value is -2.74. The number of hydrogen-bond acceptors (Lipinski definition) is 6. The second-order valence-electron chi connectivity index (χ2n) is 5.84. The minimum atomic E-state index is -0.370. The Morgan fingerprint density at radius 2 is 2.16 bits per heavy atom. The van der Waals surface area contributed by atoms with Gasteiger partial charge in [0.25, 0.3) is 0 Å². The van der Waals surface area contributed by atoms with Gasteiger partial charge in [0, 0.05) is 12.1 Å². The van der Waals surface area contributed by atoms with Crippen molar-refractivity contribution in [2.75, 3.05) is 17.6 Å². The lowest BCUT2D eigenvalue weighted by atomic mass is 10.1. The molecule has 0 aliphatic carbocycles. The van der Waals surface area contributed by atoms with Crippen LogP contribution >= 0.6 is 0 Å². The fourth-order valence-corrected chi connectivity index (χ4v) is 2.62. The van der Waals surface area contributed by atoms with E-state index in [2.05, 4.69) is 27.2 Å². The van der Waals surface area contributed by atoms with Gasteiger partial charge in [0.2, 0.25) is 5.95 Å². The van der Waals surface area contributed by atoms with Crippen LogP contribution in [0.1, 0.15) is 30.9 Å². The van der Waals surface area contributed by atoms with E-state index in [1.54, 1.807) is 23.0 Å². The van der Waals surface area contributed by atoms with E-state index in [1.807, 2.05) is 0 Å². The second-order valence-corrected chi connectivity index (χ2v) is 5.84. The molecule has 25 heavy (non-hydrogen) atoms. The van der Waals surface area contributed by atoms with E-state index in [0.29, 0.717) is 28.1 Å². The molecule has 0 unspecified atom stereocenters. The van der Waals surface area contributed by atoms with Gasteiger partial charge in [-0.3, -0.25) is 0 Å². The molecule has 0 aliphatic heterocycles. The lowest BCUT2D eigenvalue weighted by molar-refractivity contribution is 0.281. The summed E-state index contributed by atoms with van der Waals surface area (Å²) in [5, 5.41) is 12.4. The Morgan fingerprint density at radius 1 is 1.32 bits per heavy atom. The number of anilines is 2. The van der Waals surface area contributed by atoms with Crippen molar-refractivity contribution in [2.24, 2.45) is 0 Å². The molecule has 1 aromatic carbocycles. The number of fused-ring (bicyclic) bond motifs is 1. The van der Waals surface area contributed by atoms with E-state index in [1.165, 1.54) is 6.07 Å². The number of hydrogen-bond donors (Lipinski definition) is 3. The quantitative estimate of drug-likeness (QED) is 0.569. The fraction of sp³-hybridized carbons (Fsp3) is 0.353. The third-order valence-corrected chi connectivity index (χ3v) is 3.95. The van der Waals surface area contributed by atoms with Crippen LogP contribution in [0, 0.1) is 5.82 Å². The highest BCUT2D eigenvalue weighted by molar-refractivity contribution is 5.84. The van der Waals surface area contributed by atoms with Crippen LogP contribution in [0.2, 0.25) is 0 Å². The molecule has 132 valence electrons. The number of nitrogens with one attached hydrogen (secondary N) is 1. The van der Waals surface area contributed by atoms with E-state index in [4.69, 9.17) is 10.8 Å². The first-order valence-corrected chi connectivity index (χ1v) is 8.22. The lowest BCUT2D eigenvalue weighted by Crippen LogP contribution is -2.09. The molecular weight excluding hydrogens is 323 g/mol. The van der Waals surface area contributed by atoms with Crippen LogP contribution in [0.5, 0.6) is 0 Å². The average Bonchev–Trinajstić information content (AvgIpc) is 2.99. The number of halogens is 1. The highest BCUT2D eigenvalue weighted by Crippen LogP contribution is 2.22. The van der Waals surface area contributed by atoms with E-state index in [9.17, 15) is 4.39 Å². The number of benzene rings is 1. The number of unbranched alkanes of at least 4 members (excludes halogenated alkanes) is 1. The standard InChI is InChI=1S/C17H21FN6O/c1-2-3-6-20-15-14-16(23-17(19)22-15)21-10-24(14)8-12-5-4-11(9-25)7-13(12)18/h4-5,7,10,25H,2-3,6,8-9H2,1H3,(H3,19,20,22,23). The molecule has 0 atom stereocenters. The minimum Gasteiger partial charge on any atom is -0.392 e. The van der Waals surface area contributed by atoms with Crippen molar-refractivity contribution in [2.45, 2.75) is 32.9 Å². The molecule has 0 spiro atoms. The van der Waals surface area contributed by atoms with E-state index in [0.717, 1.165) is 19.4 Å². The zero-order valence-corrected chi connectivity index (χ0v) is 14.0. The normalized spacial score (nSPS) is 11.2. The number of aliphatic hydroxyl groups is 1. The summed E-state index contributed by atoms with van der Waals surface area (Å²) in [7, 11) is 0. The summed E-state index contributed by atoms with van der Waals surface area (Å²) >= 11 is 0. The monoisotopic (exact) mass is 344 g/mol. The summed E-state index contributed by atoms with van der Waals surface area (Å²) in [5.74, 6) is 0.376. The minimum absolute atomic E-state index is 0.148. The molecule has 0 aliphatic rings. The van der Waals surface area contributed by atoms with Gasteiger partial charge in [-0.25, -0.2) is 9.37 Å². The summed E-state index contributed by atoms with van der Waals surface area (Å²) in [6, 6.07) is 4.70. The molecule has 7 nitrogen and oxygen atoms in total. The van der Waals surface area contributed by atoms with Crippen LogP contribution in [0.15, 0.2) is 24.5 Å². The summed E-state index contributed by atoms with van der Waals surface area (Å²) in [5.41, 5.74) is 7.94. The summed E-state index contributed by atoms with van der Waals surface area (Å²) in [6.45, 7) is 2.95. The number of nitrogen functional groups attached to an aromatic ring is 1. The van der Waals surface area contributed by atoms with Gasteiger partial charge in [-0.15, -0.1) is 0 Å². The molecule has 0 saturated heterocycles. The maximum Gasteiger partial charge on any atom is 0.224 e. The van der Waals surface area contributed by atoms with E-state index >= 15 is 0 Å². The molecule has 0 fully saturated rings. The highest BCUT2D eigenvalue weighted by Gasteiger charge is 2.14. The number of nitrogens with zero attached hydrogens (tertiary/aromatic N) is 4. The van der Waals surface area contributed by atoms with Crippen molar-refractivity contribution in [3.63, 3.8) is 0 Å². The molecule has 0 saturated carbocycles. The van der Waals surface area contributed by atoms with Crippen LogP contribution < -0.4 is 11.1 Å². The van der Waals surface area contributed by atoms with Crippen LogP contribution in [0.3, 0.4) is 0 Å². The first kappa shape index (κ1) is 17.1. The molecule has 3 aromatic rings. The van der Waals surface area contributed by atoms with Crippen molar-refractivity contribution in [3.8, 4) is 0 Å². The van der Waals surface area contributed by atoms with E-state index < -0.39 is 0 Å².